The summed E-state index contributed by atoms with van der Waals surface area (Å²) < 4.78 is 8.85. The number of rotatable bonds is 7. The van der Waals surface area contributed by atoms with Crippen molar-refractivity contribution in [1.29, 1.82) is 0 Å². The van der Waals surface area contributed by atoms with Gasteiger partial charge in [0.25, 0.3) is 0 Å². The number of hydrogen-bond donors (Lipinski definition) is 0. The highest BCUT2D eigenvalue weighted by molar-refractivity contribution is 7.26. The molecule has 2 aromatic heterocycles. The first-order chi connectivity index (χ1) is 28.2. The summed E-state index contributed by atoms with van der Waals surface area (Å²) in [7, 11) is 0. The normalized spacial score (nSPS) is 12.7. The lowest BCUT2D eigenvalue weighted by Gasteiger charge is -2.32. The number of fused-ring (bicyclic) bond motifs is 5. The molecule has 10 aromatic rings. The predicted octanol–water partition coefficient (Wildman–Crippen LogP) is 14.2. The molecular weight excluding hydrogens is 715 g/mol. The Kier molecular flexibility index (Phi) is 8.18. The Labute approximate surface area is 335 Å². The van der Waals surface area contributed by atoms with Gasteiger partial charge in [-0.2, -0.15) is 0 Å². The van der Waals surface area contributed by atoms with E-state index in [2.05, 4.69) is 174 Å². The minimum absolute atomic E-state index is 0.610. The van der Waals surface area contributed by atoms with E-state index in [0.29, 0.717) is 5.89 Å². The van der Waals surface area contributed by atoms with E-state index in [1.54, 1.807) is 0 Å². The zero-order valence-electron chi connectivity index (χ0n) is 31.2. The van der Waals surface area contributed by atoms with Crippen molar-refractivity contribution >= 4 is 65.4 Å². The van der Waals surface area contributed by atoms with Gasteiger partial charge in [0.05, 0.1) is 0 Å². The third kappa shape index (κ3) is 6.04. The van der Waals surface area contributed by atoms with E-state index in [9.17, 15) is 0 Å². The monoisotopic (exact) mass is 751 g/mol. The van der Waals surface area contributed by atoms with Crippen LogP contribution in [0.2, 0.25) is 0 Å². The number of hydrogen-bond acceptors (Lipinski definition) is 5. The molecule has 57 heavy (non-hydrogen) atoms. The molecule has 0 spiro atoms. The van der Waals surface area contributed by atoms with Crippen molar-refractivity contribution in [3.63, 3.8) is 0 Å². The van der Waals surface area contributed by atoms with Crippen LogP contribution in [0.1, 0.15) is 11.1 Å². The second kappa shape index (κ2) is 14.0. The van der Waals surface area contributed by atoms with Gasteiger partial charge in [-0.25, -0.2) is 4.98 Å². The van der Waals surface area contributed by atoms with Crippen LogP contribution in [0.25, 0.3) is 65.0 Å². The van der Waals surface area contributed by atoms with Gasteiger partial charge in [0.1, 0.15) is 5.52 Å². The second-order valence-electron chi connectivity index (χ2n) is 14.7. The highest BCUT2D eigenvalue weighted by Crippen LogP contribution is 2.47. The summed E-state index contributed by atoms with van der Waals surface area (Å²) in [6, 6.07) is 67.4. The molecule has 1 aliphatic rings. The smallest absolute Gasteiger partial charge is 0.227 e. The van der Waals surface area contributed by atoms with E-state index in [1.165, 1.54) is 59.2 Å². The molecule has 0 saturated heterocycles. The molecule has 0 amide bonds. The Morgan fingerprint density at radius 1 is 0.544 bits per heavy atom. The first-order valence-electron chi connectivity index (χ1n) is 19.5. The predicted molar refractivity (Wildman–Crippen MR) is 239 cm³/mol. The third-order valence-electron chi connectivity index (χ3n) is 11.3. The molecule has 0 N–H and O–H groups in total. The van der Waals surface area contributed by atoms with Gasteiger partial charge in [-0.05, 0) is 113 Å². The van der Waals surface area contributed by atoms with E-state index in [0.717, 1.165) is 53.2 Å². The van der Waals surface area contributed by atoms with Crippen LogP contribution in [-0.4, -0.2) is 11.5 Å². The van der Waals surface area contributed by atoms with Crippen LogP contribution < -0.4 is 9.80 Å². The van der Waals surface area contributed by atoms with Crippen LogP contribution >= 0.6 is 11.3 Å². The fourth-order valence-corrected chi connectivity index (χ4v) is 9.72. The standard InChI is InChI=1S/C52H37N3OS/c1-3-13-35(14-4-1)36-25-27-40(28-26-36)55(41-19-11-15-37(31-41)52-53-47-22-8-9-23-48(47)56-52)42-32-46(51-45-20-7-10-24-49(45)57-50(51)33-42)44-21-12-16-38-34-54(30-29-43(38)44)39-17-5-2-6-18-39/h1-28,31-33H,29-30,34H2. The quantitative estimate of drug-likeness (QED) is 0.162. The van der Waals surface area contributed by atoms with Crippen LogP contribution in [0.5, 0.6) is 0 Å². The van der Waals surface area contributed by atoms with Crippen molar-refractivity contribution in [2.45, 2.75) is 13.0 Å². The highest BCUT2D eigenvalue weighted by atomic mass is 32.1. The molecular formula is C52H37N3OS. The van der Waals surface area contributed by atoms with Crippen molar-refractivity contribution in [2.24, 2.45) is 0 Å². The molecule has 1 aliphatic heterocycles. The minimum atomic E-state index is 0.610. The number of para-hydroxylation sites is 3. The van der Waals surface area contributed by atoms with Gasteiger partial charge < -0.3 is 14.2 Å². The molecule has 0 atom stereocenters. The Morgan fingerprint density at radius 2 is 1.28 bits per heavy atom. The number of anilines is 4. The average molecular weight is 752 g/mol. The Hall–Kier alpha value is -6.95. The zero-order valence-corrected chi connectivity index (χ0v) is 32.0. The van der Waals surface area contributed by atoms with E-state index in [4.69, 9.17) is 9.40 Å². The van der Waals surface area contributed by atoms with Crippen molar-refractivity contribution in [3.05, 3.63) is 199 Å². The van der Waals surface area contributed by atoms with Crippen LogP contribution in [0, 0.1) is 0 Å². The lowest BCUT2D eigenvalue weighted by molar-refractivity contribution is 0.620. The van der Waals surface area contributed by atoms with Gasteiger partial charge in [-0.3, -0.25) is 0 Å². The number of thiophene rings is 1. The molecule has 11 rings (SSSR count). The van der Waals surface area contributed by atoms with E-state index in [1.807, 2.05) is 35.6 Å². The summed E-state index contributed by atoms with van der Waals surface area (Å²) in [5.41, 5.74) is 14.8. The van der Waals surface area contributed by atoms with Crippen molar-refractivity contribution in [3.8, 4) is 33.7 Å². The molecule has 0 unspecified atom stereocenters. The molecule has 0 fully saturated rings. The molecule has 0 aliphatic carbocycles. The van der Waals surface area contributed by atoms with Crippen LogP contribution in [0.3, 0.4) is 0 Å². The fourth-order valence-electron chi connectivity index (χ4n) is 8.56. The van der Waals surface area contributed by atoms with Crippen molar-refractivity contribution < 1.29 is 4.42 Å². The van der Waals surface area contributed by atoms with Crippen LogP contribution in [0.15, 0.2) is 192 Å². The fraction of sp³-hybridized carbons (Fsp3) is 0.0577. The second-order valence-corrected chi connectivity index (χ2v) is 15.8. The summed E-state index contributed by atoms with van der Waals surface area (Å²) in [6.07, 6.45) is 0.978. The largest absolute Gasteiger partial charge is 0.436 e. The molecule has 4 nitrogen and oxygen atoms in total. The van der Waals surface area contributed by atoms with Gasteiger partial charge in [0.2, 0.25) is 5.89 Å². The zero-order chi connectivity index (χ0) is 37.7. The summed E-state index contributed by atoms with van der Waals surface area (Å²) >= 11 is 1.87. The summed E-state index contributed by atoms with van der Waals surface area (Å²) in [4.78, 5) is 9.76. The highest BCUT2D eigenvalue weighted by Gasteiger charge is 2.24. The first-order valence-corrected chi connectivity index (χ1v) is 20.3. The van der Waals surface area contributed by atoms with Gasteiger partial charge in [-0.15, -0.1) is 11.3 Å². The van der Waals surface area contributed by atoms with Crippen molar-refractivity contribution in [2.75, 3.05) is 16.3 Å². The van der Waals surface area contributed by atoms with E-state index < -0.39 is 0 Å². The molecule has 5 heteroatoms. The maximum absolute atomic E-state index is 6.29. The van der Waals surface area contributed by atoms with Gasteiger partial charge >= 0.3 is 0 Å². The lowest BCUT2D eigenvalue weighted by Crippen LogP contribution is -2.30. The Balaban J connectivity index is 1.10. The topological polar surface area (TPSA) is 32.5 Å². The maximum Gasteiger partial charge on any atom is 0.227 e. The number of aromatic nitrogens is 1. The third-order valence-corrected chi connectivity index (χ3v) is 12.4. The molecule has 0 saturated carbocycles. The Bertz CT molecular complexity index is 3030. The Morgan fingerprint density at radius 3 is 2.14 bits per heavy atom. The van der Waals surface area contributed by atoms with Gasteiger partial charge in [0, 0.05) is 61.6 Å². The average Bonchev–Trinajstić information content (AvgIpc) is 3.89. The number of oxazole rings is 1. The summed E-state index contributed by atoms with van der Waals surface area (Å²) in [5.74, 6) is 0.610. The summed E-state index contributed by atoms with van der Waals surface area (Å²) in [5, 5.41) is 2.62. The van der Waals surface area contributed by atoms with Crippen LogP contribution in [0.4, 0.5) is 22.7 Å². The molecule has 272 valence electrons. The minimum Gasteiger partial charge on any atom is -0.436 e. The van der Waals surface area contributed by atoms with E-state index >= 15 is 0 Å². The summed E-state index contributed by atoms with van der Waals surface area (Å²) in [6.45, 7) is 1.87. The molecule has 0 bridgehead atoms. The van der Waals surface area contributed by atoms with E-state index in [-0.39, 0.29) is 0 Å². The molecule has 8 aromatic carbocycles. The lowest BCUT2D eigenvalue weighted by atomic mass is 9.88. The van der Waals surface area contributed by atoms with Crippen LogP contribution in [-0.2, 0) is 13.0 Å². The molecule has 3 heterocycles. The SMILES string of the molecule is c1ccc(-c2ccc(N(c3cccc(-c4nc5ccccc5o4)c3)c3cc(-c4cccc5c4CCN(c4ccccc4)C5)c4c(c3)sc3ccccc34)cc2)cc1. The van der Waals surface area contributed by atoms with Gasteiger partial charge in [-0.1, -0.05) is 115 Å². The maximum atomic E-state index is 6.29. The number of benzene rings is 8. The molecule has 0 radical (unpaired) electrons. The number of nitrogens with zero attached hydrogens (tertiary/aromatic N) is 3. The van der Waals surface area contributed by atoms with Crippen molar-refractivity contribution in [1.82, 2.24) is 4.98 Å². The van der Waals surface area contributed by atoms with Gasteiger partial charge in [0.15, 0.2) is 5.58 Å². The first kappa shape index (κ1) is 33.4.